The first-order valence-corrected chi connectivity index (χ1v) is 7.83. The van der Waals surface area contributed by atoms with E-state index >= 15 is 0 Å². The lowest BCUT2D eigenvalue weighted by atomic mass is 10.1. The monoisotopic (exact) mass is 389 g/mol. The summed E-state index contributed by atoms with van der Waals surface area (Å²) in [7, 11) is 1.84. The summed E-state index contributed by atoms with van der Waals surface area (Å²) in [6.07, 6.45) is -1.09. The summed E-state index contributed by atoms with van der Waals surface area (Å²) in [4.78, 5) is 22.4. The topological polar surface area (TPSA) is 63.1 Å². The Kier molecular flexibility index (Phi) is 5.92. The Balaban J connectivity index is 0.00000243. The number of hydrogen-bond acceptors (Lipinski definition) is 4. The lowest BCUT2D eigenvalue weighted by Gasteiger charge is -2.36. The SMILES string of the molecule is Cc1nc(C(F)(F)F)ccc1C(=O)N1CCNCC1c1nccn1C.Cl. The molecule has 1 unspecified atom stereocenters. The normalized spacial score (nSPS) is 17.7. The van der Waals surface area contributed by atoms with Crippen LogP contribution in [0.1, 0.15) is 33.6 Å². The van der Waals surface area contributed by atoms with Crippen molar-refractivity contribution in [2.45, 2.75) is 19.1 Å². The molecule has 1 atom stereocenters. The van der Waals surface area contributed by atoms with E-state index in [4.69, 9.17) is 0 Å². The number of halogens is 4. The van der Waals surface area contributed by atoms with Gasteiger partial charge < -0.3 is 14.8 Å². The van der Waals surface area contributed by atoms with Crippen LogP contribution in [0, 0.1) is 6.92 Å². The number of imidazole rings is 1. The fourth-order valence-electron chi connectivity index (χ4n) is 2.98. The zero-order valence-corrected chi connectivity index (χ0v) is 15.1. The van der Waals surface area contributed by atoms with Crippen LogP contribution < -0.4 is 5.32 Å². The molecule has 0 saturated carbocycles. The highest BCUT2D eigenvalue weighted by molar-refractivity contribution is 5.95. The molecular formula is C16H19ClF3N5O. The third-order valence-electron chi connectivity index (χ3n) is 4.27. The molecule has 10 heteroatoms. The molecule has 0 spiro atoms. The average Bonchev–Trinajstić information content (AvgIpc) is 2.99. The molecule has 0 aromatic carbocycles. The quantitative estimate of drug-likeness (QED) is 0.856. The van der Waals surface area contributed by atoms with E-state index in [1.54, 1.807) is 17.3 Å². The summed E-state index contributed by atoms with van der Waals surface area (Å²) >= 11 is 0. The van der Waals surface area contributed by atoms with E-state index in [0.29, 0.717) is 19.6 Å². The maximum absolute atomic E-state index is 12.9. The fraction of sp³-hybridized carbons (Fsp3) is 0.438. The average molecular weight is 390 g/mol. The first-order chi connectivity index (χ1) is 11.8. The second-order valence-corrected chi connectivity index (χ2v) is 5.94. The molecule has 3 heterocycles. The first-order valence-electron chi connectivity index (χ1n) is 7.83. The molecule has 1 amide bonds. The van der Waals surface area contributed by atoms with Gasteiger partial charge in [-0.1, -0.05) is 0 Å². The van der Waals surface area contributed by atoms with Crippen molar-refractivity contribution in [3.8, 4) is 0 Å². The van der Waals surface area contributed by atoms with Crippen LogP contribution >= 0.6 is 12.4 Å². The molecule has 1 N–H and O–H groups in total. The predicted octanol–water partition coefficient (Wildman–Crippen LogP) is 2.35. The second-order valence-electron chi connectivity index (χ2n) is 5.94. The lowest BCUT2D eigenvalue weighted by Crippen LogP contribution is -2.49. The molecule has 0 radical (unpaired) electrons. The fourth-order valence-corrected chi connectivity index (χ4v) is 2.98. The Bertz CT molecular complexity index is 792. The van der Waals surface area contributed by atoms with E-state index in [-0.39, 0.29) is 35.6 Å². The minimum Gasteiger partial charge on any atom is -0.336 e. The summed E-state index contributed by atoms with van der Waals surface area (Å²) in [5.41, 5.74) is -0.756. The van der Waals surface area contributed by atoms with Crippen LogP contribution in [0.15, 0.2) is 24.5 Å². The molecule has 0 aliphatic carbocycles. The highest BCUT2D eigenvalue weighted by atomic mass is 35.5. The smallest absolute Gasteiger partial charge is 0.336 e. The number of nitrogens with one attached hydrogen (secondary N) is 1. The summed E-state index contributed by atoms with van der Waals surface area (Å²) in [6.45, 7) is 3.00. The molecule has 1 fully saturated rings. The van der Waals surface area contributed by atoms with Gasteiger partial charge in [-0.3, -0.25) is 4.79 Å². The third kappa shape index (κ3) is 3.83. The Morgan fingerprint density at radius 3 is 2.65 bits per heavy atom. The van der Waals surface area contributed by atoms with Crippen molar-refractivity contribution in [3.05, 3.63) is 47.3 Å². The van der Waals surface area contributed by atoms with Crippen molar-refractivity contribution < 1.29 is 18.0 Å². The van der Waals surface area contributed by atoms with Crippen LogP contribution in [0.5, 0.6) is 0 Å². The Morgan fingerprint density at radius 1 is 1.35 bits per heavy atom. The summed E-state index contributed by atoms with van der Waals surface area (Å²) < 4.78 is 40.1. The van der Waals surface area contributed by atoms with Crippen molar-refractivity contribution in [2.75, 3.05) is 19.6 Å². The number of alkyl halides is 3. The third-order valence-corrected chi connectivity index (χ3v) is 4.27. The number of nitrogens with zero attached hydrogens (tertiary/aromatic N) is 4. The van der Waals surface area contributed by atoms with Gasteiger partial charge >= 0.3 is 6.18 Å². The van der Waals surface area contributed by atoms with Crippen LogP contribution in [-0.2, 0) is 13.2 Å². The van der Waals surface area contributed by atoms with Crippen LogP contribution in [0.4, 0.5) is 13.2 Å². The van der Waals surface area contributed by atoms with Gasteiger partial charge in [0.05, 0.1) is 11.3 Å². The lowest BCUT2D eigenvalue weighted by molar-refractivity contribution is -0.141. The Labute approximate surface area is 154 Å². The first kappa shape index (κ1) is 20.2. The van der Waals surface area contributed by atoms with Crippen molar-refractivity contribution in [2.24, 2.45) is 7.05 Å². The second kappa shape index (κ2) is 7.63. The maximum atomic E-state index is 12.9. The number of amides is 1. The number of hydrogen-bond donors (Lipinski definition) is 1. The van der Waals surface area contributed by atoms with E-state index in [1.807, 2.05) is 11.6 Å². The summed E-state index contributed by atoms with van der Waals surface area (Å²) in [5.74, 6) is 0.381. The van der Waals surface area contributed by atoms with Crippen LogP contribution in [0.25, 0.3) is 0 Å². The van der Waals surface area contributed by atoms with Gasteiger partial charge in [-0.15, -0.1) is 12.4 Å². The van der Waals surface area contributed by atoms with Gasteiger partial charge in [0.2, 0.25) is 0 Å². The molecular weight excluding hydrogens is 371 g/mol. The van der Waals surface area contributed by atoms with Gasteiger partial charge in [0.15, 0.2) is 0 Å². The number of aromatic nitrogens is 3. The zero-order valence-electron chi connectivity index (χ0n) is 14.2. The van der Waals surface area contributed by atoms with E-state index in [1.165, 1.54) is 13.0 Å². The summed E-state index contributed by atoms with van der Waals surface area (Å²) in [6, 6.07) is 1.76. The van der Waals surface area contributed by atoms with Crippen LogP contribution in [-0.4, -0.2) is 45.0 Å². The van der Waals surface area contributed by atoms with E-state index < -0.39 is 11.9 Å². The molecule has 0 bridgehead atoms. The molecule has 142 valence electrons. The number of piperazine rings is 1. The van der Waals surface area contributed by atoms with E-state index in [9.17, 15) is 18.0 Å². The van der Waals surface area contributed by atoms with E-state index in [2.05, 4.69) is 15.3 Å². The van der Waals surface area contributed by atoms with Crippen molar-refractivity contribution >= 4 is 18.3 Å². The molecule has 1 saturated heterocycles. The van der Waals surface area contributed by atoms with Crippen LogP contribution in [0.3, 0.4) is 0 Å². The number of carbonyl (C=O) groups excluding carboxylic acids is 1. The van der Waals surface area contributed by atoms with Crippen molar-refractivity contribution in [3.63, 3.8) is 0 Å². The largest absolute Gasteiger partial charge is 0.433 e. The van der Waals surface area contributed by atoms with Crippen LogP contribution in [0.2, 0.25) is 0 Å². The Morgan fingerprint density at radius 2 is 2.08 bits per heavy atom. The van der Waals surface area contributed by atoms with Gasteiger partial charge in [0, 0.05) is 39.1 Å². The molecule has 6 nitrogen and oxygen atoms in total. The molecule has 2 aromatic heterocycles. The zero-order chi connectivity index (χ0) is 18.2. The van der Waals surface area contributed by atoms with Gasteiger partial charge in [0.25, 0.3) is 5.91 Å². The Hall–Kier alpha value is -2.13. The molecule has 3 rings (SSSR count). The standard InChI is InChI=1S/C16H18F3N5O.ClH/c1-10-11(3-4-13(22-10)16(17,18)19)15(25)24-8-5-20-9-12(24)14-21-6-7-23(14)2;/h3-4,6-7,12,20H,5,8-9H2,1-2H3;1H. The van der Waals surface area contributed by atoms with Gasteiger partial charge in [0.1, 0.15) is 17.6 Å². The van der Waals surface area contributed by atoms with Crippen molar-refractivity contribution in [1.29, 1.82) is 0 Å². The summed E-state index contributed by atoms with van der Waals surface area (Å²) in [5, 5.41) is 3.22. The molecule has 1 aliphatic rings. The van der Waals surface area contributed by atoms with Gasteiger partial charge in [-0.2, -0.15) is 13.2 Å². The predicted molar refractivity (Wildman–Crippen MR) is 91.1 cm³/mol. The minimum absolute atomic E-state index is 0. The highest BCUT2D eigenvalue weighted by Gasteiger charge is 2.35. The number of pyridine rings is 1. The highest BCUT2D eigenvalue weighted by Crippen LogP contribution is 2.29. The van der Waals surface area contributed by atoms with Gasteiger partial charge in [-0.05, 0) is 19.1 Å². The molecule has 1 aliphatic heterocycles. The maximum Gasteiger partial charge on any atom is 0.433 e. The number of rotatable bonds is 2. The number of carbonyl (C=O) groups is 1. The van der Waals surface area contributed by atoms with E-state index in [0.717, 1.165) is 11.9 Å². The molecule has 26 heavy (non-hydrogen) atoms. The minimum atomic E-state index is -4.53. The van der Waals surface area contributed by atoms with Gasteiger partial charge in [-0.25, -0.2) is 9.97 Å². The number of aryl methyl sites for hydroxylation is 2. The van der Waals surface area contributed by atoms with Crippen molar-refractivity contribution in [1.82, 2.24) is 24.8 Å². The molecule has 2 aromatic rings.